The Hall–Kier alpha value is -1.67. The van der Waals surface area contributed by atoms with Crippen LogP contribution in [-0.2, 0) is 19.1 Å². The summed E-state index contributed by atoms with van der Waals surface area (Å²) in [6, 6.07) is 0. The standard InChI is InChI=1S/C14H27N4O4/c1-6-22-14(21)13(20)18(8-11(4)5)16-12(19)9-17(15)7-10(2)3/h10-11,15H,6-9H2,1-5H3,(H,16,19). The molecule has 0 rings (SSSR count). The van der Waals surface area contributed by atoms with Gasteiger partial charge in [-0.15, -0.1) is 0 Å². The highest BCUT2D eigenvalue weighted by atomic mass is 16.5. The molecule has 8 heteroatoms. The Morgan fingerprint density at radius 1 is 1.09 bits per heavy atom. The van der Waals surface area contributed by atoms with Crippen LogP contribution < -0.4 is 11.3 Å². The molecule has 0 saturated heterocycles. The van der Waals surface area contributed by atoms with Gasteiger partial charge in [0.15, 0.2) is 0 Å². The van der Waals surface area contributed by atoms with Gasteiger partial charge in [-0.3, -0.25) is 15.0 Å². The zero-order valence-corrected chi connectivity index (χ0v) is 14.0. The molecular weight excluding hydrogens is 288 g/mol. The number of nitrogens with one attached hydrogen (secondary N) is 2. The monoisotopic (exact) mass is 315 g/mol. The summed E-state index contributed by atoms with van der Waals surface area (Å²) in [6.45, 7) is 9.71. The Morgan fingerprint density at radius 2 is 1.64 bits per heavy atom. The van der Waals surface area contributed by atoms with Crippen molar-refractivity contribution in [2.24, 2.45) is 11.8 Å². The maximum atomic E-state index is 11.9. The number of amides is 2. The van der Waals surface area contributed by atoms with Crippen LogP contribution in [-0.4, -0.2) is 54.0 Å². The molecule has 0 spiro atoms. The normalized spacial score (nSPS) is 11.0. The van der Waals surface area contributed by atoms with E-state index in [-0.39, 0.29) is 31.5 Å². The third kappa shape index (κ3) is 8.58. The molecule has 0 fully saturated rings. The van der Waals surface area contributed by atoms with E-state index in [1.165, 1.54) is 0 Å². The minimum absolute atomic E-state index is 0.0569. The second kappa shape index (κ2) is 10.1. The minimum Gasteiger partial charge on any atom is -0.459 e. The molecule has 0 aromatic rings. The summed E-state index contributed by atoms with van der Waals surface area (Å²) in [5.74, 6) is 5.52. The van der Waals surface area contributed by atoms with E-state index in [1.54, 1.807) is 6.92 Å². The van der Waals surface area contributed by atoms with Gasteiger partial charge in [-0.1, -0.05) is 27.7 Å². The Kier molecular flexibility index (Phi) is 9.35. The van der Waals surface area contributed by atoms with E-state index in [9.17, 15) is 14.4 Å². The third-order valence-corrected chi connectivity index (χ3v) is 2.42. The molecule has 1 radical (unpaired) electrons. The number of nitrogens with zero attached hydrogens (tertiary/aromatic N) is 2. The first-order valence-electron chi connectivity index (χ1n) is 7.41. The van der Waals surface area contributed by atoms with Crippen molar-refractivity contribution in [3.05, 3.63) is 0 Å². The van der Waals surface area contributed by atoms with Gasteiger partial charge in [0.2, 0.25) is 0 Å². The quantitative estimate of drug-likeness (QED) is 0.411. The fourth-order valence-corrected chi connectivity index (χ4v) is 1.71. The number of hydrogen-bond donors (Lipinski definition) is 1. The third-order valence-electron chi connectivity index (χ3n) is 2.42. The molecule has 0 aliphatic rings. The summed E-state index contributed by atoms with van der Waals surface area (Å²) >= 11 is 0. The molecule has 0 heterocycles. The van der Waals surface area contributed by atoms with Crippen LogP contribution in [0.15, 0.2) is 0 Å². The SMILES string of the molecule is CCOC(=O)C(=O)N(CC(C)C)NC(=O)CN([NH])CC(C)C. The van der Waals surface area contributed by atoms with Crippen molar-refractivity contribution in [1.29, 1.82) is 0 Å². The Labute approximate surface area is 131 Å². The van der Waals surface area contributed by atoms with E-state index in [0.717, 1.165) is 10.0 Å². The van der Waals surface area contributed by atoms with Gasteiger partial charge in [0.25, 0.3) is 5.91 Å². The fraction of sp³-hybridized carbons (Fsp3) is 0.786. The van der Waals surface area contributed by atoms with E-state index in [1.807, 2.05) is 27.7 Å². The summed E-state index contributed by atoms with van der Waals surface area (Å²) < 4.78 is 4.65. The predicted molar refractivity (Wildman–Crippen MR) is 80.8 cm³/mol. The Bertz CT molecular complexity index is 385. The second-order valence-corrected chi connectivity index (χ2v) is 5.84. The molecule has 0 aromatic heterocycles. The molecule has 22 heavy (non-hydrogen) atoms. The van der Waals surface area contributed by atoms with Crippen molar-refractivity contribution in [3.63, 3.8) is 0 Å². The lowest BCUT2D eigenvalue weighted by Gasteiger charge is -2.25. The first-order chi connectivity index (χ1) is 10.2. The highest BCUT2D eigenvalue weighted by Gasteiger charge is 2.25. The van der Waals surface area contributed by atoms with E-state index in [2.05, 4.69) is 10.2 Å². The number of hydrogen-bond acceptors (Lipinski definition) is 5. The van der Waals surface area contributed by atoms with E-state index < -0.39 is 17.8 Å². The van der Waals surface area contributed by atoms with Gasteiger partial charge in [0.05, 0.1) is 13.2 Å². The number of esters is 1. The van der Waals surface area contributed by atoms with Gasteiger partial charge in [-0.25, -0.2) is 14.8 Å². The van der Waals surface area contributed by atoms with Crippen LogP contribution in [0.2, 0.25) is 0 Å². The summed E-state index contributed by atoms with van der Waals surface area (Å²) in [5, 5.41) is 2.07. The lowest BCUT2D eigenvalue weighted by molar-refractivity contribution is -0.163. The molecule has 2 amide bonds. The average Bonchev–Trinajstić information content (AvgIpc) is 2.35. The Morgan fingerprint density at radius 3 is 2.09 bits per heavy atom. The summed E-state index contributed by atoms with van der Waals surface area (Å²) in [4.78, 5) is 35.3. The first kappa shape index (κ1) is 20.3. The molecule has 127 valence electrons. The molecule has 0 saturated carbocycles. The molecule has 0 aliphatic carbocycles. The topological polar surface area (TPSA) is 103 Å². The largest absolute Gasteiger partial charge is 0.459 e. The molecule has 0 atom stereocenters. The second-order valence-electron chi connectivity index (χ2n) is 5.84. The summed E-state index contributed by atoms with van der Waals surface area (Å²) in [6.07, 6.45) is 0. The molecule has 2 N–H and O–H groups in total. The van der Waals surface area contributed by atoms with Crippen LogP contribution >= 0.6 is 0 Å². The summed E-state index contributed by atoms with van der Waals surface area (Å²) in [5.41, 5.74) is 2.37. The van der Waals surface area contributed by atoms with Crippen LogP contribution in [0.1, 0.15) is 34.6 Å². The van der Waals surface area contributed by atoms with Gasteiger partial charge >= 0.3 is 11.9 Å². The molecule has 0 aliphatic heterocycles. The van der Waals surface area contributed by atoms with E-state index >= 15 is 0 Å². The molecule has 0 bridgehead atoms. The van der Waals surface area contributed by atoms with Crippen molar-refractivity contribution in [2.45, 2.75) is 34.6 Å². The maximum absolute atomic E-state index is 11.9. The predicted octanol–water partition coefficient (Wildman–Crippen LogP) is 0.221. The highest BCUT2D eigenvalue weighted by Crippen LogP contribution is 1.99. The molecular formula is C14H27N4O4. The van der Waals surface area contributed by atoms with Gasteiger partial charge in [0, 0.05) is 13.1 Å². The number of carbonyl (C=O) groups is 3. The van der Waals surface area contributed by atoms with Crippen molar-refractivity contribution in [1.82, 2.24) is 21.3 Å². The molecule has 0 aromatic carbocycles. The Balaban J connectivity index is 4.67. The molecule has 0 unspecified atom stereocenters. The number of carbonyl (C=O) groups excluding carboxylic acids is 3. The molecule has 8 nitrogen and oxygen atoms in total. The van der Waals surface area contributed by atoms with Crippen LogP contribution in [0.5, 0.6) is 0 Å². The zero-order valence-electron chi connectivity index (χ0n) is 14.0. The van der Waals surface area contributed by atoms with Gasteiger partial charge < -0.3 is 4.74 Å². The lowest BCUT2D eigenvalue weighted by atomic mass is 10.2. The highest BCUT2D eigenvalue weighted by molar-refractivity contribution is 6.32. The average molecular weight is 315 g/mol. The van der Waals surface area contributed by atoms with Crippen LogP contribution in [0.25, 0.3) is 0 Å². The van der Waals surface area contributed by atoms with Crippen molar-refractivity contribution >= 4 is 17.8 Å². The van der Waals surface area contributed by atoms with Crippen molar-refractivity contribution < 1.29 is 19.1 Å². The first-order valence-corrected chi connectivity index (χ1v) is 7.41. The van der Waals surface area contributed by atoms with Crippen LogP contribution in [0, 0.1) is 11.8 Å². The fourth-order valence-electron chi connectivity index (χ4n) is 1.71. The van der Waals surface area contributed by atoms with E-state index in [4.69, 9.17) is 5.84 Å². The van der Waals surface area contributed by atoms with Crippen LogP contribution in [0.3, 0.4) is 0 Å². The minimum atomic E-state index is -1.01. The lowest BCUT2D eigenvalue weighted by Crippen LogP contribution is -2.53. The zero-order chi connectivity index (χ0) is 17.3. The maximum Gasteiger partial charge on any atom is 0.398 e. The van der Waals surface area contributed by atoms with Crippen molar-refractivity contribution in [2.75, 3.05) is 26.2 Å². The van der Waals surface area contributed by atoms with Crippen molar-refractivity contribution in [3.8, 4) is 0 Å². The smallest absolute Gasteiger partial charge is 0.398 e. The van der Waals surface area contributed by atoms with Crippen LogP contribution in [0.4, 0.5) is 0 Å². The van der Waals surface area contributed by atoms with Gasteiger partial charge in [-0.05, 0) is 18.8 Å². The van der Waals surface area contributed by atoms with E-state index in [0.29, 0.717) is 6.54 Å². The number of rotatable bonds is 7. The number of ether oxygens (including phenoxy) is 1. The summed E-state index contributed by atoms with van der Waals surface area (Å²) in [7, 11) is 0. The van der Waals surface area contributed by atoms with Gasteiger partial charge in [0.1, 0.15) is 0 Å². The number of hydrazine groups is 1. The van der Waals surface area contributed by atoms with Gasteiger partial charge in [-0.2, -0.15) is 5.84 Å².